The lowest BCUT2D eigenvalue weighted by molar-refractivity contribution is -0.137. The van der Waals surface area contributed by atoms with E-state index >= 15 is 0 Å². The Labute approximate surface area is 148 Å². The summed E-state index contributed by atoms with van der Waals surface area (Å²) in [5.41, 5.74) is 0.260. The van der Waals surface area contributed by atoms with Gasteiger partial charge in [0.15, 0.2) is 11.5 Å². The minimum Gasteiger partial charge on any atom is -0.493 e. The van der Waals surface area contributed by atoms with Gasteiger partial charge in [-0.25, -0.2) is 0 Å². The molecule has 0 aliphatic rings. The van der Waals surface area contributed by atoms with Gasteiger partial charge in [0, 0.05) is 18.4 Å². The largest absolute Gasteiger partial charge is 0.493 e. The third-order valence-electron chi connectivity index (χ3n) is 3.85. The normalized spacial score (nSPS) is 10.9. The van der Waals surface area contributed by atoms with Crippen LogP contribution >= 0.6 is 0 Å². The molecule has 1 aromatic rings. The number of nitrogens with one attached hydrogen (secondary N) is 1. The van der Waals surface area contributed by atoms with Crippen LogP contribution in [-0.2, 0) is 16.0 Å². The van der Waals surface area contributed by atoms with E-state index in [4.69, 9.17) is 19.3 Å². The standard InChI is InChI=1S/C18H27NO6/c1-18(2,11-10-15(21)22)19-14(20)9-7-12-6-8-13(23-3)17(25-5)16(12)24-4/h6,8H,7,9-11H2,1-5H3,(H,19,20)(H,21,22). The minimum atomic E-state index is -0.877. The number of ether oxygens (including phenoxy) is 3. The van der Waals surface area contributed by atoms with E-state index in [1.807, 2.05) is 19.9 Å². The van der Waals surface area contributed by atoms with Crippen molar-refractivity contribution in [1.82, 2.24) is 5.32 Å². The summed E-state index contributed by atoms with van der Waals surface area (Å²) in [6, 6.07) is 3.61. The van der Waals surface area contributed by atoms with Gasteiger partial charge in [-0.15, -0.1) is 0 Å². The molecule has 0 saturated heterocycles. The number of carboxylic acids is 1. The first-order valence-corrected chi connectivity index (χ1v) is 8.04. The number of carboxylic acid groups (broad SMARTS) is 1. The molecule has 0 aromatic heterocycles. The van der Waals surface area contributed by atoms with Crippen LogP contribution in [0.25, 0.3) is 0 Å². The highest BCUT2D eigenvalue weighted by atomic mass is 16.5. The monoisotopic (exact) mass is 353 g/mol. The molecule has 1 rings (SSSR count). The zero-order chi connectivity index (χ0) is 19.0. The Bertz CT molecular complexity index is 612. The number of rotatable bonds is 10. The van der Waals surface area contributed by atoms with E-state index in [0.29, 0.717) is 30.1 Å². The van der Waals surface area contributed by atoms with E-state index in [2.05, 4.69) is 5.32 Å². The summed E-state index contributed by atoms with van der Waals surface area (Å²) >= 11 is 0. The maximum atomic E-state index is 12.2. The number of amides is 1. The highest BCUT2D eigenvalue weighted by molar-refractivity contribution is 5.77. The van der Waals surface area contributed by atoms with Crippen LogP contribution in [0.3, 0.4) is 0 Å². The molecule has 0 saturated carbocycles. The van der Waals surface area contributed by atoms with Crippen molar-refractivity contribution in [3.05, 3.63) is 17.7 Å². The molecule has 2 N–H and O–H groups in total. The second-order valence-electron chi connectivity index (χ2n) is 6.32. The number of carbonyl (C=O) groups excluding carboxylic acids is 1. The topological polar surface area (TPSA) is 94.1 Å². The number of aliphatic carboxylic acids is 1. The smallest absolute Gasteiger partial charge is 0.303 e. The Hall–Kier alpha value is -2.44. The fourth-order valence-corrected chi connectivity index (χ4v) is 2.53. The van der Waals surface area contributed by atoms with Gasteiger partial charge in [-0.1, -0.05) is 6.07 Å². The van der Waals surface area contributed by atoms with E-state index in [9.17, 15) is 9.59 Å². The molecule has 0 aliphatic heterocycles. The summed E-state index contributed by atoms with van der Waals surface area (Å²) in [7, 11) is 4.61. The van der Waals surface area contributed by atoms with E-state index in [0.717, 1.165) is 5.56 Å². The zero-order valence-corrected chi connectivity index (χ0v) is 15.5. The Balaban J connectivity index is 2.74. The zero-order valence-electron chi connectivity index (χ0n) is 15.5. The van der Waals surface area contributed by atoms with Gasteiger partial charge >= 0.3 is 5.97 Å². The molecule has 0 atom stereocenters. The predicted molar refractivity (Wildman–Crippen MR) is 93.5 cm³/mol. The molecule has 7 nitrogen and oxygen atoms in total. The summed E-state index contributed by atoms with van der Waals surface area (Å²) in [6.07, 6.45) is 1.09. The summed E-state index contributed by atoms with van der Waals surface area (Å²) in [5, 5.41) is 11.6. The number of benzene rings is 1. The highest BCUT2D eigenvalue weighted by Gasteiger charge is 2.22. The lowest BCUT2D eigenvalue weighted by Crippen LogP contribution is -2.43. The van der Waals surface area contributed by atoms with Gasteiger partial charge in [-0.2, -0.15) is 0 Å². The van der Waals surface area contributed by atoms with Crippen LogP contribution in [0.5, 0.6) is 17.2 Å². The van der Waals surface area contributed by atoms with Crippen LogP contribution in [0, 0.1) is 0 Å². The summed E-state index contributed by atoms with van der Waals surface area (Å²) in [4.78, 5) is 22.9. The second-order valence-corrected chi connectivity index (χ2v) is 6.32. The first-order chi connectivity index (χ1) is 11.7. The van der Waals surface area contributed by atoms with Gasteiger partial charge in [0.2, 0.25) is 11.7 Å². The lowest BCUT2D eigenvalue weighted by Gasteiger charge is -2.25. The molecule has 7 heteroatoms. The van der Waals surface area contributed by atoms with Gasteiger partial charge in [-0.05, 0) is 38.3 Å². The molecule has 0 unspecified atom stereocenters. The highest BCUT2D eigenvalue weighted by Crippen LogP contribution is 2.40. The molecule has 0 spiro atoms. The maximum Gasteiger partial charge on any atom is 0.303 e. The Kier molecular flexibility index (Phi) is 7.54. The number of methoxy groups -OCH3 is 3. The lowest BCUT2D eigenvalue weighted by atomic mass is 9.97. The first-order valence-electron chi connectivity index (χ1n) is 8.04. The van der Waals surface area contributed by atoms with Crippen LogP contribution in [0.4, 0.5) is 0 Å². The first kappa shape index (κ1) is 20.6. The molecule has 1 aromatic carbocycles. The third kappa shape index (κ3) is 6.17. The fourth-order valence-electron chi connectivity index (χ4n) is 2.53. The van der Waals surface area contributed by atoms with E-state index in [-0.39, 0.29) is 18.7 Å². The van der Waals surface area contributed by atoms with Gasteiger partial charge in [0.1, 0.15) is 0 Å². The van der Waals surface area contributed by atoms with E-state index in [1.165, 1.54) is 14.2 Å². The molecule has 25 heavy (non-hydrogen) atoms. The average molecular weight is 353 g/mol. The van der Waals surface area contributed by atoms with Gasteiger partial charge in [-0.3, -0.25) is 9.59 Å². The van der Waals surface area contributed by atoms with E-state index in [1.54, 1.807) is 13.2 Å². The summed E-state index contributed by atoms with van der Waals surface area (Å²) in [6.45, 7) is 3.62. The molecule has 0 aliphatic carbocycles. The van der Waals surface area contributed by atoms with Crippen molar-refractivity contribution in [3.63, 3.8) is 0 Å². The number of hydrogen-bond donors (Lipinski definition) is 2. The van der Waals surface area contributed by atoms with Gasteiger partial charge < -0.3 is 24.6 Å². The predicted octanol–water partition coefficient (Wildman–Crippen LogP) is 2.40. The number of carbonyl (C=O) groups is 2. The summed E-state index contributed by atoms with van der Waals surface area (Å²) < 4.78 is 16.0. The third-order valence-corrected chi connectivity index (χ3v) is 3.85. The average Bonchev–Trinajstić information content (AvgIpc) is 2.56. The van der Waals surface area contributed by atoms with Crippen molar-refractivity contribution in [3.8, 4) is 17.2 Å². The van der Waals surface area contributed by atoms with Crippen LogP contribution < -0.4 is 19.5 Å². The Morgan fingerprint density at radius 3 is 2.20 bits per heavy atom. The van der Waals surface area contributed by atoms with Crippen molar-refractivity contribution >= 4 is 11.9 Å². The molecular weight excluding hydrogens is 326 g/mol. The minimum absolute atomic E-state index is 0.0107. The SMILES string of the molecule is COc1ccc(CCC(=O)NC(C)(C)CCC(=O)O)c(OC)c1OC. The number of hydrogen-bond acceptors (Lipinski definition) is 5. The Morgan fingerprint density at radius 1 is 1.04 bits per heavy atom. The van der Waals surface area contributed by atoms with Crippen molar-refractivity contribution in [2.24, 2.45) is 0 Å². The van der Waals surface area contributed by atoms with Crippen molar-refractivity contribution in [2.75, 3.05) is 21.3 Å². The molecular formula is C18H27NO6. The molecule has 0 heterocycles. The molecule has 0 bridgehead atoms. The van der Waals surface area contributed by atoms with Crippen molar-refractivity contribution in [1.29, 1.82) is 0 Å². The quantitative estimate of drug-likeness (QED) is 0.671. The summed E-state index contributed by atoms with van der Waals surface area (Å²) in [5.74, 6) is 0.566. The number of aryl methyl sites for hydroxylation is 1. The van der Waals surface area contributed by atoms with E-state index < -0.39 is 11.5 Å². The molecule has 0 fully saturated rings. The fraction of sp³-hybridized carbons (Fsp3) is 0.556. The van der Waals surface area contributed by atoms with Gasteiger partial charge in [0.05, 0.1) is 21.3 Å². The Morgan fingerprint density at radius 2 is 1.68 bits per heavy atom. The maximum absolute atomic E-state index is 12.2. The van der Waals surface area contributed by atoms with Crippen LogP contribution in [-0.4, -0.2) is 43.9 Å². The molecule has 0 radical (unpaired) electrons. The van der Waals surface area contributed by atoms with Gasteiger partial charge in [0.25, 0.3) is 0 Å². The second kappa shape index (κ2) is 9.15. The van der Waals surface area contributed by atoms with Crippen molar-refractivity contribution < 1.29 is 28.9 Å². The van der Waals surface area contributed by atoms with Crippen LogP contribution in [0.1, 0.15) is 38.7 Å². The van der Waals surface area contributed by atoms with Crippen molar-refractivity contribution in [2.45, 2.75) is 45.1 Å². The molecule has 1 amide bonds. The van der Waals surface area contributed by atoms with Crippen LogP contribution in [0.15, 0.2) is 12.1 Å². The van der Waals surface area contributed by atoms with Crippen LogP contribution in [0.2, 0.25) is 0 Å². The molecule has 140 valence electrons.